The van der Waals surface area contributed by atoms with Gasteiger partial charge in [-0.2, -0.15) is 0 Å². The summed E-state index contributed by atoms with van der Waals surface area (Å²) in [6.45, 7) is 1.31. The Balaban J connectivity index is 2.22. The number of ether oxygens (including phenoxy) is 1. The second kappa shape index (κ2) is 5.61. The van der Waals surface area contributed by atoms with Gasteiger partial charge in [0.05, 0.1) is 5.56 Å². The van der Waals surface area contributed by atoms with Crippen molar-refractivity contribution in [1.29, 1.82) is 0 Å². The molecule has 0 heterocycles. The summed E-state index contributed by atoms with van der Waals surface area (Å²) >= 11 is 0. The Kier molecular flexibility index (Phi) is 3.90. The van der Waals surface area contributed by atoms with Crippen molar-refractivity contribution in [2.24, 2.45) is 0 Å². The van der Waals surface area contributed by atoms with Crippen molar-refractivity contribution in [3.63, 3.8) is 0 Å². The molecule has 0 N–H and O–H groups in total. The smallest absolute Gasteiger partial charge is 0.163 e. The monoisotopic (exact) mass is 262 g/mol. The van der Waals surface area contributed by atoms with Crippen LogP contribution in [0.4, 0.5) is 8.78 Å². The molecule has 19 heavy (non-hydrogen) atoms. The molecule has 0 aliphatic heterocycles. The molecule has 0 saturated heterocycles. The molecule has 2 aromatic carbocycles. The Morgan fingerprint density at radius 1 is 1.16 bits per heavy atom. The second-order valence-electron chi connectivity index (χ2n) is 4.08. The highest BCUT2D eigenvalue weighted by Crippen LogP contribution is 2.22. The van der Waals surface area contributed by atoms with Gasteiger partial charge in [-0.15, -0.1) is 0 Å². The molecule has 0 amide bonds. The molecule has 0 fully saturated rings. The van der Waals surface area contributed by atoms with Crippen LogP contribution < -0.4 is 4.74 Å². The fraction of sp³-hybridized carbons (Fsp3) is 0.133. The Morgan fingerprint density at radius 2 is 1.89 bits per heavy atom. The van der Waals surface area contributed by atoms with E-state index in [1.807, 2.05) is 0 Å². The molecule has 0 atom stereocenters. The minimum atomic E-state index is -0.506. The number of ketones is 1. The van der Waals surface area contributed by atoms with Crippen molar-refractivity contribution >= 4 is 5.78 Å². The first kappa shape index (κ1) is 13.2. The SMILES string of the molecule is CC(=O)c1ccc(F)cc1OCc1ccccc1F. The zero-order valence-corrected chi connectivity index (χ0v) is 10.3. The molecule has 0 saturated carbocycles. The molecule has 2 aromatic rings. The summed E-state index contributed by atoms with van der Waals surface area (Å²) in [4.78, 5) is 11.4. The average molecular weight is 262 g/mol. The standard InChI is InChI=1S/C15H12F2O2/c1-10(18)13-7-6-12(16)8-15(13)19-9-11-4-2-3-5-14(11)17/h2-8H,9H2,1H3. The molecule has 0 aliphatic carbocycles. The van der Waals surface area contributed by atoms with Crippen LogP contribution in [-0.2, 0) is 6.61 Å². The number of hydrogen-bond acceptors (Lipinski definition) is 2. The van der Waals surface area contributed by atoms with E-state index in [-0.39, 0.29) is 23.7 Å². The van der Waals surface area contributed by atoms with Gasteiger partial charge in [-0.3, -0.25) is 4.79 Å². The molecule has 2 rings (SSSR count). The molecule has 0 spiro atoms. The lowest BCUT2D eigenvalue weighted by molar-refractivity contribution is 0.101. The highest BCUT2D eigenvalue weighted by Gasteiger charge is 2.10. The molecule has 0 bridgehead atoms. The first-order valence-electron chi connectivity index (χ1n) is 5.74. The van der Waals surface area contributed by atoms with Gasteiger partial charge in [-0.05, 0) is 25.1 Å². The van der Waals surface area contributed by atoms with E-state index in [4.69, 9.17) is 4.74 Å². The topological polar surface area (TPSA) is 26.3 Å². The zero-order chi connectivity index (χ0) is 13.8. The van der Waals surface area contributed by atoms with Crippen LogP contribution in [0.15, 0.2) is 42.5 Å². The number of carbonyl (C=O) groups excluding carboxylic acids is 1. The van der Waals surface area contributed by atoms with Crippen LogP contribution in [0.25, 0.3) is 0 Å². The molecule has 98 valence electrons. The highest BCUT2D eigenvalue weighted by atomic mass is 19.1. The normalized spacial score (nSPS) is 10.3. The summed E-state index contributed by atoms with van der Waals surface area (Å²) in [5.41, 5.74) is 0.624. The summed E-state index contributed by atoms with van der Waals surface area (Å²) in [5.74, 6) is -1.02. The number of rotatable bonds is 4. The predicted octanol–water partition coefficient (Wildman–Crippen LogP) is 3.75. The van der Waals surface area contributed by atoms with E-state index in [9.17, 15) is 13.6 Å². The fourth-order valence-corrected chi connectivity index (χ4v) is 1.68. The van der Waals surface area contributed by atoms with E-state index < -0.39 is 11.6 Å². The van der Waals surface area contributed by atoms with E-state index >= 15 is 0 Å². The van der Waals surface area contributed by atoms with Crippen LogP contribution >= 0.6 is 0 Å². The molecule has 0 aliphatic rings. The van der Waals surface area contributed by atoms with Crippen LogP contribution in [0.1, 0.15) is 22.8 Å². The number of halogens is 2. The van der Waals surface area contributed by atoms with Crippen molar-refractivity contribution in [1.82, 2.24) is 0 Å². The summed E-state index contributed by atoms with van der Waals surface area (Å²) in [5, 5.41) is 0. The molecule has 2 nitrogen and oxygen atoms in total. The first-order valence-corrected chi connectivity index (χ1v) is 5.74. The zero-order valence-electron chi connectivity index (χ0n) is 10.3. The van der Waals surface area contributed by atoms with E-state index in [1.54, 1.807) is 18.2 Å². The van der Waals surface area contributed by atoms with Gasteiger partial charge >= 0.3 is 0 Å². The van der Waals surface area contributed by atoms with Gasteiger partial charge in [-0.1, -0.05) is 18.2 Å². The lowest BCUT2D eigenvalue weighted by Crippen LogP contribution is -2.03. The fourth-order valence-electron chi connectivity index (χ4n) is 1.68. The van der Waals surface area contributed by atoms with E-state index in [1.165, 1.54) is 25.1 Å². The van der Waals surface area contributed by atoms with Gasteiger partial charge in [0.15, 0.2) is 5.78 Å². The van der Waals surface area contributed by atoms with Gasteiger partial charge in [0, 0.05) is 11.6 Å². The maximum atomic E-state index is 13.4. The number of Topliss-reactive ketones (excluding diaryl/α,β-unsaturated/α-hetero) is 1. The summed E-state index contributed by atoms with van der Waals surface area (Å²) in [6, 6.07) is 9.80. The van der Waals surface area contributed by atoms with Gasteiger partial charge in [0.2, 0.25) is 0 Å². The third-order valence-corrected chi connectivity index (χ3v) is 2.66. The lowest BCUT2D eigenvalue weighted by Gasteiger charge is -2.10. The van der Waals surface area contributed by atoms with Crippen LogP contribution in [0.5, 0.6) is 5.75 Å². The molecule has 0 radical (unpaired) electrons. The van der Waals surface area contributed by atoms with Crippen LogP contribution in [-0.4, -0.2) is 5.78 Å². The van der Waals surface area contributed by atoms with Crippen molar-refractivity contribution in [3.8, 4) is 5.75 Å². The minimum Gasteiger partial charge on any atom is -0.488 e. The van der Waals surface area contributed by atoms with Crippen molar-refractivity contribution in [3.05, 3.63) is 65.2 Å². The maximum Gasteiger partial charge on any atom is 0.163 e. The predicted molar refractivity (Wildman–Crippen MR) is 67.1 cm³/mol. The van der Waals surface area contributed by atoms with E-state index in [0.29, 0.717) is 5.56 Å². The number of benzene rings is 2. The van der Waals surface area contributed by atoms with Crippen LogP contribution in [0, 0.1) is 11.6 Å². The van der Waals surface area contributed by atoms with Gasteiger partial charge < -0.3 is 4.74 Å². The van der Waals surface area contributed by atoms with Crippen LogP contribution in [0.2, 0.25) is 0 Å². The summed E-state index contributed by atoms with van der Waals surface area (Å²) in [7, 11) is 0. The van der Waals surface area contributed by atoms with Gasteiger partial charge in [-0.25, -0.2) is 8.78 Å². The third-order valence-electron chi connectivity index (χ3n) is 2.66. The first-order chi connectivity index (χ1) is 9.08. The van der Waals surface area contributed by atoms with Crippen molar-refractivity contribution < 1.29 is 18.3 Å². The van der Waals surface area contributed by atoms with Crippen molar-refractivity contribution in [2.75, 3.05) is 0 Å². The molecule has 0 unspecified atom stereocenters. The molecular formula is C15H12F2O2. The summed E-state index contributed by atoms with van der Waals surface area (Å²) in [6.07, 6.45) is 0. The van der Waals surface area contributed by atoms with Crippen molar-refractivity contribution in [2.45, 2.75) is 13.5 Å². The molecule has 0 aromatic heterocycles. The Labute approximate surface area is 109 Å². The second-order valence-corrected chi connectivity index (χ2v) is 4.08. The lowest BCUT2D eigenvalue weighted by atomic mass is 10.1. The highest BCUT2D eigenvalue weighted by molar-refractivity contribution is 5.96. The number of hydrogen-bond donors (Lipinski definition) is 0. The van der Waals surface area contributed by atoms with Crippen LogP contribution in [0.3, 0.4) is 0 Å². The molecule has 4 heteroatoms. The third kappa shape index (κ3) is 3.16. The van der Waals surface area contributed by atoms with Gasteiger partial charge in [0.1, 0.15) is 24.0 Å². The van der Waals surface area contributed by atoms with E-state index in [2.05, 4.69) is 0 Å². The number of carbonyl (C=O) groups is 1. The Morgan fingerprint density at radius 3 is 2.58 bits per heavy atom. The quantitative estimate of drug-likeness (QED) is 0.784. The Hall–Kier alpha value is -2.23. The maximum absolute atomic E-state index is 13.4. The molecular weight excluding hydrogens is 250 g/mol. The largest absolute Gasteiger partial charge is 0.488 e. The summed E-state index contributed by atoms with van der Waals surface area (Å²) < 4.78 is 31.9. The minimum absolute atomic E-state index is 0.0591. The Bertz CT molecular complexity index is 609. The van der Waals surface area contributed by atoms with E-state index in [0.717, 1.165) is 6.07 Å². The van der Waals surface area contributed by atoms with Gasteiger partial charge in [0.25, 0.3) is 0 Å². The average Bonchev–Trinajstić information content (AvgIpc) is 2.37.